The number of halogens is 1. The average Bonchev–Trinajstić information content (AvgIpc) is 2.59. The first-order valence-corrected chi connectivity index (χ1v) is 6.82. The molecule has 1 aromatic carbocycles. The number of hydrogen-bond acceptors (Lipinski definition) is 2. The van der Waals surface area contributed by atoms with Crippen LogP contribution in [0.2, 0.25) is 0 Å². The monoisotopic (exact) mass is 359 g/mol. The second kappa shape index (κ2) is 4.53. The summed E-state index contributed by atoms with van der Waals surface area (Å²) in [5.41, 5.74) is 1.000. The Morgan fingerprint density at radius 3 is 2.65 bits per heavy atom. The molecule has 2 rings (SSSR count). The van der Waals surface area contributed by atoms with E-state index in [0.717, 1.165) is 11.4 Å². The highest BCUT2D eigenvalue weighted by molar-refractivity contribution is 14.1. The zero-order valence-electron chi connectivity index (χ0n) is 9.99. The molecule has 5 heteroatoms. The molecule has 3 nitrogen and oxygen atoms in total. The Bertz CT molecular complexity index is 592. The predicted octanol–water partition coefficient (Wildman–Crippen LogP) is 3.97. The molecule has 0 saturated carbocycles. The number of H-pyrrole nitrogens is 1. The van der Waals surface area contributed by atoms with Gasteiger partial charge in [-0.15, -0.1) is 0 Å². The van der Waals surface area contributed by atoms with Gasteiger partial charge in [-0.1, -0.05) is 12.1 Å². The van der Waals surface area contributed by atoms with E-state index in [1.165, 1.54) is 3.57 Å². The summed E-state index contributed by atoms with van der Waals surface area (Å²) < 4.78 is 3.90. The molecule has 1 aromatic heterocycles. The van der Waals surface area contributed by atoms with Crippen LogP contribution >= 0.6 is 34.8 Å². The van der Waals surface area contributed by atoms with Gasteiger partial charge in [0.2, 0.25) is 0 Å². The van der Waals surface area contributed by atoms with Crippen LogP contribution in [0.3, 0.4) is 0 Å². The van der Waals surface area contributed by atoms with Gasteiger partial charge >= 0.3 is 0 Å². The second-order valence-corrected chi connectivity index (χ2v) is 6.50. The summed E-state index contributed by atoms with van der Waals surface area (Å²) >= 11 is 7.60. The fourth-order valence-electron chi connectivity index (χ4n) is 1.74. The number of benzene rings is 1. The highest BCUT2D eigenvalue weighted by Gasteiger charge is 2.20. The van der Waals surface area contributed by atoms with Crippen LogP contribution in [0.5, 0.6) is 0 Å². The first kappa shape index (κ1) is 12.8. The Kier molecular flexibility index (Phi) is 3.40. The van der Waals surface area contributed by atoms with Crippen LogP contribution in [0.15, 0.2) is 24.3 Å². The molecule has 1 N–H and O–H groups in total. The summed E-state index contributed by atoms with van der Waals surface area (Å²) in [5.74, 6) is 0.890. The van der Waals surface area contributed by atoms with Crippen molar-refractivity contribution < 1.29 is 0 Å². The van der Waals surface area contributed by atoms with Crippen molar-refractivity contribution in [1.29, 1.82) is 0 Å². The molecular formula is C12H14IN3S. The minimum absolute atomic E-state index is 0.0826. The summed E-state index contributed by atoms with van der Waals surface area (Å²) in [4.78, 5) is 0. The molecule has 0 fully saturated rings. The van der Waals surface area contributed by atoms with Crippen LogP contribution in [-0.2, 0) is 5.54 Å². The lowest BCUT2D eigenvalue weighted by atomic mass is 10.1. The standard InChI is InChI=1S/C12H14IN3S/c1-12(2,3)16-10(14-15-11(16)17)8-5-4-6-9(13)7-8/h4-7H,1-3H3,(H,15,17). The Morgan fingerprint density at radius 1 is 1.35 bits per heavy atom. The number of nitrogens with zero attached hydrogens (tertiary/aromatic N) is 2. The zero-order chi connectivity index (χ0) is 12.6. The van der Waals surface area contributed by atoms with Crippen molar-refractivity contribution in [2.24, 2.45) is 0 Å². The van der Waals surface area contributed by atoms with Gasteiger partial charge in [-0.05, 0) is 67.7 Å². The van der Waals surface area contributed by atoms with Crippen LogP contribution in [-0.4, -0.2) is 14.8 Å². The van der Waals surface area contributed by atoms with E-state index in [0.29, 0.717) is 4.77 Å². The zero-order valence-corrected chi connectivity index (χ0v) is 13.0. The van der Waals surface area contributed by atoms with E-state index >= 15 is 0 Å². The summed E-state index contributed by atoms with van der Waals surface area (Å²) in [7, 11) is 0. The first-order valence-electron chi connectivity index (χ1n) is 5.33. The van der Waals surface area contributed by atoms with Gasteiger partial charge in [0.1, 0.15) is 0 Å². The molecule has 0 aliphatic rings. The van der Waals surface area contributed by atoms with Gasteiger partial charge in [0.05, 0.1) is 0 Å². The van der Waals surface area contributed by atoms with E-state index in [2.05, 4.69) is 71.8 Å². The molecule has 0 unspecified atom stereocenters. The van der Waals surface area contributed by atoms with Gasteiger partial charge in [0.15, 0.2) is 10.6 Å². The van der Waals surface area contributed by atoms with Crippen molar-refractivity contribution in [1.82, 2.24) is 14.8 Å². The van der Waals surface area contributed by atoms with Gasteiger partial charge in [0, 0.05) is 14.7 Å². The maximum Gasteiger partial charge on any atom is 0.195 e. The number of hydrogen-bond donors (Lipinski definition) is 1. The van der Waals surface area contributed by atoms with Crippen molar-refractivity contribution in [3.63, 3.8) is 0 Å². The predicted molar refractivity (Wildman–Crippen MR) is 80.6 cm³/mol. The summed E-state index contributed by atoms with van der Waals surface area (Å²) in [5, 5.41) is 7.21. The van der Waals surface area contributed by atoms with E-state index < -0.39 is 0 Å². The van der Waals surface area contributed by atoms with Gasteiger partial charge in [-0.25, -0.2) is 0 Å². The largest absolute Gasteiger partial charge is 0.295 e. The molecule has 0 bridgehead atoms. The maximum atomic E-state index is 5.30. The number of aromatic nitrogens is 3. The van der Waals surface area contributed by atoms with E-state index in [-0.39, 0.29) is 5.54 Å². The molecular weight excluding hydrogens is 345 g/mol. The number of nitrogens with one attached hydrogen (secondary N) is 1. The number of rotatable bonds is 1. The molecule has 0 amide bonds. The Morgan fingerprint density at radius 2 is 2.06 bits per heavy atom. The molecule has 0 radical (unpaired) electrons. The van der Waals surface area contributed by atoms with Crippen molar-refractivity contribution in [3.05, 3.63) is 32.6 Å². The quantitative estimate of drug-likeness (QED) is 0.618. The summed E-state index contributed by atoms with van der Waals surface area (Å²) in [6.07, 6.45) is 0. The second-order valence-electron chi connectivity index (χ2n) is 4.87. The van der Waals surface area contributed by atoms with Gasteiger partial charge in [-0.2, -0.15) is 5.10 Å². The minimum atomic E-state index is -0.0826. The highest BCUT2D eigenvalue weighted by Crippen LogP contribution is 2.25. The van der Waals surface area contributed by atoms with Crippen LogP contribution in [0.4, 0.5) is 0 Å². The third kappa shape index (κ3) is 2.60. The molecule has 0 saturated heterocycles. The highest BCUT2D eigenvalue weighted by atomic mass is 127. The topological polar surface area (TPSA) is 33.6 Å². The third-order valence-corrected chi connectivity index (χ3v) is 3.37. The summed E-state index contributed by atoms with van der Waals surface area (Å²) in [6.45, 7) is 6.36. The van der Waals surface area contributed by atoms with Gasteiger partial charge < -0.3 is 0 Å². The van der Waals surface area contributed by atoms with Crippen molar-refractivity contribution in [2.45, 2.75) is 26.3 Å². The summed E-state index contributed by atoms with van der Waals surface area (Å²) in [6, 6.07) is 8.25. The molecule has 0 aliphatic heterocycles. The van der Waals surface area contributed by atoms with Crippen LogP contribution in [0.1, 0.15) is 20.8 Å². The lowest BCUT2D eigenvalue weighted by Crippen LogP contribution is -2.22. The normalized spacial score (nSPS) is 11.8. The SMILES string of the molecule is CC(C)(C)n1c(-c2cccc(I)c2)n[nH]c1=S. The molecule has 0 atom stereocenters. The molecule has 2 aromatic rings. The molecule has 1 heterocycles. The minimum Gasteiger partial charge on any atom is -0.295 e. The fourth-order valence-corrected chi connectivity index (χ4v) is 2.69. The Labute approximate surface area is 119 Å². The Balaban J connectivity index is 2.66. The van der Waals surface area contributed by atoms with E-state index in [1.54, 1.807) is 0 Å². The molecule has 0 aliphatic carbocycles. The van der Waals surface area contributed by atoms with Crippen molar-refractivity contribution in [2.75, 3.05) is 0 Å². The smallest absolute Gasteiger partial charge is 0.195 e. The van der Waals surface area contributed by atoms with Crippen LogP contribution < -0.4 is 0 Å². The number of aromatic amines is 1. The Hall–Kier alpha value is -0.690. The van der Waals surface area contributed by atoms with Gasteiger partial charge in [0.25, 0.3) is 0 Å². The maximum absolute atomic E-state index is 5.30. The lowest BCUT2D eigenvalue weighted by molar-refractivity contribution is 0.395. The van der Waals surface area contributed by atoms with Crippen LogP contribution in [0, 0.1) is 8.34 Å². The molecule has 90 valence electrons. The van der Waals surface area contributed by atoms with Crippen molar-refractivity contribution in [3.8, 4) is 11.4 Å². The van der Waals surface area contributed by atoms with E-state index in [4.69, 9.17) is 12.2 Å². The third-order valence-electron chi connectivity index (χ3n) is 2.43. The van der Waals surface area contributed by atoms with E-state index in [9.17, 15) is 0 Å². The van der Waals surface area contributed by atoms with Gasteiger partial charge in [-0.3, -0.25) is 9.67 Å². The first-order chi connectivity index (χ1) is 7.89. The lowest BCUT2D eigenvalue weighted by Gasteiger charge is -2.22. The van der Waals surface area contributed by atoms with E-state index in [1.807, 2.05) is 10.6 Å². The molecule has 17 heavy (non-hydrogen) atoms. The average molecular weight is 359 g/mol. The van der Waals surface area contributed by atoms with Crippen LogP contribution in [0.25, 0.3) is 11.4 Å². The fraction of sp³-hybridized carbons (Fsp3) is 0.333. The molecule has 0 spiro atoms. The van der Waals surface area contributed by atoms with Crippen molar-refractivity contribution >= 4 is 34.8 Å².